The molecular formula is C34H44N4O6S2. The summed E-state index contributed by atoms with van der Waals surface area (Å²) in [7, 11) is 1.31. The summed E-state index contributed by atoms with van der Waals surface area (Å²) >= 11 is 2.98. The summed E-state index contributed by atoms with van der Waals surface area (Å²) in [4.78, 5) is 51.6. The Hall–Kier alpha value is -3.61. The van der Waals surface area contributed by atoms with Crippen molar-refractivity contribution in [1.29, 1.82) is 0 Å². The van der Waals surface area contributed by atoms with Gasteiger partial charge >= 0.3 is 5.97 Å². The Labute approximate surface area is 279 Å². The van der Waals surface area contributed by atoms with E-state index in [1.165, 1.54) is 31.0 Å². The van der Waals surface area contributed by atoms with E-state index in [1.54, 1.807) is 17.8 Å². The van der Waals surface area contributed by atoms with E-state index in [0.29, 0.717) is 31.0 Å². The lowest BCUT2D eigenvalue weighted by Crippen LogP contribution is -2.51. The fourth-order valence-corrected chi connectivity index (χ4v) is 6.38. The molecule has 3 aromatic carbocycles. The first kappa shape index (κ1) is 36.9. The van der Waals surface area contributed by atoms with Gasteiger partial charge in [-0.15, -0.1) is 11.8 Å². The summed E-state index contributed by atoms with van der Waals surface area (Å²) in [6.45, 7) is 5.05. The first-order valence-electron chi connectivity index (χ1n) is 15.3. The van der Waals surface area contributed by atoms with Crippen LogP contribution in [0.1, 0.15) is 37.8 Å². The number of rotatable bonds is 19. The highest BCUT2D eigenvalue weighted by Gasteiger charge is 2.26. The zero-order valence-electron chi connectivity index (χ0n) is 26.9. The highest BCUT2D eigenvalue weighted by molar-refractivity contribution is 7.99. The van der Waals surface area contributed by atoms with Crippen molar-refractivity contribution < 1.29 is 24.0 Å². The minimum absolute atomic E-state index is 0.0249. The van der Waals surface area contributed by atoms with Gasteiger partial charge in [0.05, 0.1) is 24.3 Å². The van der Waals surface area contributed by atoms with Crippen LogP contribution in [0.5, 0.6) is 0 Å². The maximum Gasteiger partial charge on any atom is 0.328 e. The van der Waals surface area contributed by atoms with Crippen LogP contribution in [0.25, 0.3) is 10.8 Å². The Bertz CT molecular complexity index is 1470. The molecule has 3 atom stereocenters. The number of nitrogens with one attached hydrogen (secondary N) is 2. The molecule has 0 aliphatic heterocycles. The van der Waals surface area contributed by atoms with Crippen molar-refractivity contribution in [3.05, 3.63) is 88.0 Å². The predicted octanol–water partition coefficient (Wildman–Crippen LogP) is 5.43. The molecule has 2 amide bonds. The Morgan fingerprint density at radius 3 is 2.48 bits per heavy atom. The minimum Gasteiger partial charge on any atom is -0.467 e. The Balaban J connectivity index is 1.76. The quantitative estimate of drug-likeness (QED) is 0.0976. The Kier molecular flexibility index (Phi) is 15.3. The normalized spacial score (nSPS) is 13.2. The molecule has 12 heteroatoms. The number of benzene rings is 3. The second-order valence-electron chi connectivity index (χ2n) is 11.2. The number of carbonyl (C=O) groups excluding carboxylic acids is 3. The third kappa shape index (κ3) is 11.6. The lowest BCUT2D eigenvalue weighted by atomic mass is 9.97. The van der Waals surface area contributed by atoms with Crippen molar-refractivity contribution in [3.8, 4) is 0 Å². The van der Waals surface area contributed by atoms with Gasteiger partial charge in [0.25, 0.3) is 5.69 Å². The average molecular weight is 669 g/mol. The molecule has 10 nitrogen and oxygen atoms in total. The van der Waals surface area contributed by atoms with E-state index in [4.69, 9.17) is 4.74 Å². The third-order valence-electron chi connectivity index (χ3n) is 7.83. The predicted molar refractivity (Wildman–Crippen MR) is 187 cm³/mol. The summed E-state index contributed by atoms with van der Waals surface area (Å²) < 4.78 is 4.93. The standard InChI is InChI=1S/C34H44N4O6S2/c1-5-24(2)31(36-33(40)23-46-22-25-10-8-14-28(18-25)38(42)43)20-37(19-27-13-9-12-26-11-6-7-15-29(26)27)21-32(39)35-30(16-17-45-4)34(41)44-3/h6-15,18,24,30-31H,5,16-17,19-23H2,1-4H3,(H,35,39)(H,36,40). The number of fused-ring (bicyclic) bond motifs is 1. The van der Waals surface area contributed by atoms with Crippen molar-refractivity contribution in [2.45, 2.75) is 51.1 Å². The summed E-state index contributed by atoms with van der Waals surface area (Å²) in [6.07, 6.45) is 3.22. The van der Waals surface area contributed by atoms with E-state index in [-0.39, 0.29) is 41.8 Å². The van der Waals surface area contributed by atoms with Gasteiger partial charge in [0.1, 0.15) is 6.04 Å². The number of nitro benzene ring substituents is 1. The van der Waals surface area contributed by atoms with Gasteiger partial charge in [-0.25, -0.2) is 4.79 Å². The number of carbonyl (C=O) groups is 3. The van der Waals surface area contributed by atoms with Crippen molar-refractivity contribution in [3.63, 3.8) is 0 Å². The fraction of sp³-hybridized carbons (Fsp3) is 0.441. The molecule has 0 aliphatic rings. The largest absolute Gasteiger partial charge is 0.467 e. The summed E-state index contributed by atoms with van der Waals surface area (Å²) in [5.41, 5.74) is 1.86. The summed E-state index contributed by atoms with van der Waals surface area (Å²) in [6, 6.07) is 19.6. The zero-order valence-corrected chi connectivity index (χ0v) is 28.5. The van der Waals surface area contributed by atoms with E-state index >= 15 is 0 Å². The molecular weight excluding hydrogens is 625 g/mol. The Morgan fingerprint density at radius 1 is 1.02 bits per heavy atom. The van der Waals surface area contributed by atoms with Crippen LogP contribution in [-0.2, 0) is 31.4 Å². The van der Waals surface area contributed by atoms with Crippen LogP contribution in [0.3, 0.4) is 0 Å². The van der Waals surface area contributed by atoms with Gasteiger partial charge in [0.2, 0.25) is 11.8 Å². The number of nitro groups is 1. The van der Waals surface area contributed by atoms with E-state index in [1.807, 2.05) is 41.5 Å². The molecule has 0 bridgehead atoms. The molecule has 0 aromatic heterocycles. The monoisotopic (exact) mass is 668 g/mol. The molecule has 0 aliphatic carbocycles. The van der Waals surface area contributed by atoms with Gasteiger partial charge in [-0.1, -0.05) is 74.9 Å². The number of nitrogens with zero attached hydrogens (tertiary/aromatic N) is 2. The number of esters is 1. The number of non-ortho nitro benzene ring substituents is 1. The molecule has 46 heavy (non-hydrogen) atoms. The third-order valence-corrected chi connectivity index (χ3v) is 9.48. The number of hydrogen-bond acceptors (Lipinski definition) is 9. The summed E-state index contributed by atoms with van der Waals surface area (Å²) in [5.74, 6) is 0.561. The molecule has 0 fully saturated rings. The van der Waals surface area contributed by atoms with Gasteiger partial charge in [-0.2, -0.15) is 11.8 Å². The van der Waals surface area contributed by atoms with Crippen LogP contribution in [0, 0.1) is 16.0 Å². The maximum absolute atomic E-state index is 13.4. The molecule has 248 valence electrons. The fourth-order valence-electron chi connectivity index (χ4n) is 5.13. The lowest BCUT2D eigenvalue weighted by Gasteiger charge is -2.31. The van der Waals surface area contributed by atoms with Crippen molar-refractivity contribution >= 4 is 57.8 Å². The zero-order chi connectivity index (χ0) is 33.5. The molecule has 0 saturated heterocycles. The number of ether oxygens (including phenoxy) is 1. The van der Waals surface area contributed by atoms with Gasteiger partial charge in [0.15, 0.2) is 0 Å². The number of thioether (sulfide) groups is 2. The molecule has 0 saturated carbocycles. The van der Waals surface area contributed by atoms with Crippen LogP contribution >= 0.6 is 23.5 Å². The second-order valence-corrected chi connectivity index (χ2v) is 13.2. The summed E-state index contributed by atoms with van der Waals surface area (Å²) in [5, 5.41) is 19.3. The van der Waals surface area contributed by atoms with Gasteiger partial charge < -0.3 is 15.4 Å². The van der Waals surface area contributed by atoms with Crippen molar-refractivity contribution in [2.24, 2.45) is 5.92 Å². The molecule has 3 unspecified atom stereocenters. The molecule has 2 N–H and O–H groups in total. The van der Waals surface area contributed by atoms with E-state index in [0.717, 1.165) is 28.3 Å². The van der Waals surface area contributed by atoms with Gasteiger partial charge in [-0.3, -0.25) is 24.6 Å². The first-order valence-corrected chi connectivity index (χ1v) is 17.9. The van der Waals surface area contributed by atoms with Crippen molar-refractivity contribution in [2.75, 3.05) is 38.0 Å². The van der Waals surface area contributed by atoms with Gasteiger partial charge in [-0.05, 0) is 46.2 Å². The molecule has 0 spiro atoms. The van der Waals surface area contributed by atoms with Crippen LogP contribution < -0.4 is 10.6 Å². The number of methoxy groups -OCH3 is 1. The van der Waals surface area contributed by atoms with E-state index in [2.05, 4.69) is 42.7 Å². The molecule has 0 radical (unpaired) electrons. The topological polar surface area (TPSA) is 131 Å². The smallest absolute Gasteiger partial charge is 0.328 e. The van der Waals surface area contributed by atoms with Crippen LogP contribution in [0.15, 0.2) is 66.7 Å². The highest BCUT2D eigenvalue weighted by atomic mass is 32.2. The van der Waals surface area contributed by atoms with Crippen LogP contribution in [0.2, 0.25) is 0 Å². The minimum atomic E-state index is -0.738. The first-order chi connectivity index (χ1) is 22.1. The Morgan fingerprint density at radius 2 is 1.76 bits per heavy atom. The maximum atomic E-state index is 13.4. The van der Waals surface area contributed by atoms with Gasteiger partial charge in [0, 0.05) is 37.0 Å². The SMILES string of the molecule is CCC(C)C(CN(CC(=O)NC(CCSC)C(=O)OC)Cc1cccc2ccccc12)NC(=O)CSCc1cccc([N+](=O)[O-])c1. The van der Waals surface area contributed by atoms with Crippen molar-refractivity contribution in [1.82, 2.24) is 15.5 Å². The number of hydrogen-bond donors (Lipinski definition) is 2. The van der Waals surface area contributed by atoms with Crippen LogP contribution in [0.4, 0.5) is 5.69 Å². The lowest BCUT2D eigenvalue weighted by molar-refractivity contribution is -0.384. The molecule has 3 rings (SSSR count). The molecule has 0 heterocycles. The highest BCUT2D eigenvalue weighted by Crippen LogP contribution is 2.22. The van der Waals surface area contributed by atoms with E-state index in [9.17, 15) is 24.5 Å². The molecule has 3 aromatic rings. The van der Waals surface area contributed by atoms with Crippen LogP contribution in [-0.4, -0.2) is 77.7 Å². The number of amides is 2. The van der Waals surface area contributed by atoms with E-state index < -0.39 is 16.9 Å². The average Bonchev–Trinajstić information content (AvgIpc) is 3.05. The second kappa shape index (κ2) is 19.1.